The van der Waals surface area contributed by atoms with Crippen LogP contribution in [0.3, 0.4) is 0 Å². The lowest BCUT2D eigenvalue weighted by atomic mass is 9.96. The Labute approximate surface area is 158 Å². The number of non-ortho nitro benzene ring substituents is 1. The molecule has 3 rings (SSSR count). The maximum atomic E-state index is 12.0. The van der Waals surface area contributed by atoms with E-state index in [0.717, 1.165) is 9.47 Å². The summed E-state index contributed by atoms with van der Waals surface area (Å²) in [5, 5.41) is 25.8. The fourth-order valence-corrected chi connectivity index (χ4v) is 4.37. The molecule has 1 aliphatic carbocycles. The fourth-order valence-electron chi connectivity index (χ4n) is 2.74. The highest BCUT2D eigenvalue weighted by atomic mass is 32.2. The molecule has 0 unspecified atom stereocenters. The minimum absolute atomic E-state index is 0.00997. The number of nitro benzene ring substituents is 1. The van der Waals surface area contributed by atoms with Crippen LogP contribution in [0.5, 0.6) is 0 Å². The number of rotatable bonds is 7. The molecule has 8 nitrogen and oxygen atoms in total. The van der Waals surface area contributed by atoms with Crippen LogP contribution in [0, 0.1) is 10.1 Å². The van der Waals surface area contributed by atoms with Crippen molar-refractivity contribution >= 4 is 45.5 Å². The van der Waals surface area contributed by atoms with Gasteiger partial charge in [0, 0.05) is 23.9 Å². The van der Waals surface area contributed by atoms with E-state index in [-0.39, 0.29) is 17.3 Å². The van der Waals surface area contributed by atoms with Gasteiger partial charge in [-0.25, -0.2) is 0 Å². The molecule has 0 aliphatic heterocycles. The van der Waals surface area contributed by atoms with Crippen molar-refractivity contribution in [2.24, 2.45) is 0 Å². The number of nitro groups is 1. The first kappa shape index (κ1) is 18.6. The van der Waals surface area contributed by atoms with Crippen molar-refractivity contribution in [3.8, 4) is 0 Å². The summed E-state index contributed by atoms with van der Waals surface area (Å²) in [7, 11) is 0. The van der Waals surface area contributed by atoms with E-state index in [1.54, 1.807) is 0 Å². The lowest BCUT2D eigenvalue weighted by Crippen LogP contribution is -2.21. The van der Waals surface area contributed by atoms with Crippen LogP contribution in [-0.2, 0) is 4.79 Å². The molecular weight excluding hydrogens is 374 g/mol. The standard InChI is InChI=1S/C16H19N5O3S2/c22-14(17-12-6-8-13(9-7-12)21(23)24)10-25-16-20-19-15(26-16)18-11-4-2-1-3-5-11/h6-9,11H,1-5,10H2,(H,17,22)(H,18,19). The number of nitrogens with zero attached hydrogens (tertiary/aromatic N) is 3. The topological polar surface area (TPSA) is 110 Å². The average Bonchev–Trinajstić information content (AvgIpc) is 3.09. The van der Waals surface area contributed by atoms with Crippen LogP contribution in [0.15, 0.2) is 28.6 Å². The van der Waals surface area contributed by atoms with Crippen LogP contribution in [-0.4, -0.2) is 32.8 Å². The van der Waals surface area contributed by atoms with Gasteiger partial charge in [-0.15, -0.1) is 10.2 Å². The van der Waals surface area contributed by atoms with E-state index in [1.165, 1.54) is 79.5 Å². The molecule has 1 aromatic heterocycles. The minimum atomic E-state index is -0.476. The number of carbonyl (C=O) groups excluding carboxylic acids is 1. The summed E-state index contributed by atoms with van der Waals surface area (Å²) < 4.78 is 0.738. The van der Waals surface area contributed by atoms with E-state index in [0.29, 0.717) is 11.7 Å². The van der Waals surface area contributed by atoms with Gasteiger partial charge in [0.25, 0.3) is 5.69 Å². The summed E-state index contributed by atoms with van der Waals surface area (Å²) in [6.07, 6.45) is 6.14. The lowest BCUT2D eigenvalue weighted by Gasteiger charge is -2.21. The molecule has 26 heavy (non-hydrogen) atoms. The van der Waals surface area contributed by atoms with Gasteiger partial charge in [-0.1, -0.05) is 42.4 Å². The smallest absolute Gasteiger partial charge is 0.269 e. The Bertz CT molecular complexity index is 760. The molecule has 0 spiro atoms. The second kappa shape index (κ2) is 8.95. The van der Waals surface area contributed by atoms with Gasteiger partial charge >= 0.3 is 0 Å². The highest BCUT2D eigenvalue weighted by Crippen LogP contribution is 2.28. The molecule has 0 bridgehead atoms. The molecular formula is C16H19N5O3S2. The van der Waals surface area contributed by atoms with E-state index < -0.39 is 4.92 Å². The van der Waals surface area contributed by atoms with Crippen LogP contribution in [0.2, 0.25) is 0 Å². The van der Waals surface area contributed by atoms with Gasteiger partial charge in [-0.3, -0.25) is 14.9 Å². The molecule has 2 aromatic rings. The molecule has 10 heteroatoms. The molecule has 1 heterocycles. The lowest BCUT2D eigenvalue weighted by molar-refractivity contribution is -0.384. The predicted octanol–water partition coefficient (Wildman–Crippen LogP) is 3.92. The number of benzene rings is 1. The van der Waals surface area contributed by atoms with Crippen molar-refractivity contribution in [2.45, 2.75) is 42.5 Å². The maximum Gasteiger partial charge on any atom is 0.269 e. The summed E-state index contributed by atoms with van der Waals surface area (Å²) in [5.41, 5.74) is 0.516. The van der Waals surface area contributed by atoms with Gasteiger partial charge in [0.15, 0.2) is 4.34 Å². The SMILES string of the molecule is O=C(CSc1nnc(NC2CCCCC2)s1)Nc1ccc([N+](=O)[O-])cc1. The van der Waals surface area contributed by atoms with Crippen molar-refractivity contribution in [1.82, 2.24) is 10.2 Å². The van der Waals surface area contributed by atoms with Crippen molar-refractivity contribution in [3.05, 3.63) is 34.4 Å². The van der Waals surface area contributed by atoms with Crippen LogP contribution >= 0.6 is 23.1 Å². The number of amides is 1. The number of thioether (sulfide) groups is 1. The number of hydrogen-bond donors (Lipinski definition) is 2. The zero-order valence-corrected chi connectivity index (χ0v) is 15.6. The molecule has 1 amide bonds. The van der Waals surface area contributed by atoms with E-state index in [1.807, 2.05) is 0 Å². The third kappa shape index (κ3) is 5.40. The molecule has 0 radical (unpaired) electrons. The maximum absolute atomic E-state index is 12.0. The number of nitrogens with one attached hydrogen (secondary N) is 2. The van der Waals surface area contributed by atoms with Gasteiger partial charge in [0.05, 0.1) is 10.7 Å². The summed E-state index contributed by atoms with van der Waals surface area (Å²) in [4.78, 5) is 22.1. The number of anilines is 2. The number of carbonyl (C=O) groups is 1. The zero-order valence-electron chi connectivity index (χ0n) is 14.0. The van der Waals surface area contributed by atoms with Gasteiger partial charge in [-0.05, 0) is 25.0 Å². The highest BCUT2D eigenvalue weighted by molar-refractivity contribution is 8.01. The van der Waals surface area contributed by atoms with E-state index in [4.69, 9.17) is 0 Å². The molecule has 2 N–H and O–H groups in total. The second-order valence-corrected chi connectivity index (χ2v) is 8.19. The van der Waals surface area contributed by atoms with Crippen molar-refractivity contribution in [2.75, 3.05) is 16.4 Å². The molecule has 1 saturated carbocycles. The molecule has 138 valence electrons. The third-order valence-corrected chi connectivity index (χ3v) is 6.02. The third-order valence-electron chi connectivity index (χ3n) is 4.03. The zero-order chi connectivity index (χ0) is 18.4. The van der Waals surface area contributed by atoms with Crippen molar-refractivity contribution < 1.29 is 9.72 Å². The van der Waals surface area contributed by atoms with E-state index in [9.17, 15) is 14.9 Å². The Balaban J connectivity index is 1.44. The monoisotopic (exact) mass is 393 g/mol. The normalized spacial score (nSPS) is 14.8. The van der Waals surface area contributed by atoms with Crippen LogP contribution in [0.25, 0.3) is 0 Å². The summed E-state index contributed by atoms with van der Waals surface area (Å²) in [6, 6.07) is 6.21. The van der Waals surface area contributed by atoms with E-state index in [2.05, 4.69) is 20.8 Å². The van der Waals surface area contributed by atoms with Crippen LogP contribution < -0.4 is 10.6 Å². The Hall–Kier alpha value is -2.20. The number of aromatic nitrogens is 2. The summed E-state index contributed by atoms with van der Waals surface area (Å²) in [6.45, 7) is 0. The average molecular weight is 393 g/mol. The highest BCUT2D eigenvalue weighted by Gasteiger charge is 2.15. The molecule has 0 atom stereocenters. The molecule has 1 aliphatic rings. The first-order valence-corrected chi connectivity index (χ1v) is 10.2. The first-order chi connectivity index (χ1) is 12.6. The Morgan fingerprint density at radius 2 is 1.96 bits per heavy atom. The molecule has 1 aromatic carbocycles. The second-order valence-electron chi connectivity index (χ2n) is 5.99. The largest absolute Gasteiger partial charge is 0.357 e. The molecule has 1 fully saturated rings. The van der Waals surface area contributed by atoms with E-state index >= 15 is 0 Å². The van der Waals surface area contributed by atoms with Gasteiger partial charge in [0.2, 0.25) is 11.0 Å². The Morgan fingerprint density at radius 3 is 2.65 bits per heavy atom. The van der Waals surface area contributed by atoms with Gasteiger partial charge < -0.3 is 10.6 Å². The number of hydrogen-bond acceptors (Lipinski definition) is 8. The Kier molecular flexibility index (Phi) is 6.40. The minimum Gasteiger partial charge on any atom is -0.357 e. The van der Waals surface area contributed by atoms with Crippen LogP contribution in [0.1, 0.15) is 32.1 Å². The van der Waals surface area contributed by atoms with Crippen LogP contribution in [0.4, 0.5) is 16.5 Å². The van der Waals surface area contributed by atoms with Gasteiger partial charge in [-0.2, -0.15) is 0 Å². The van der Waals surface area contributed by atoms with Crippen molar-refractivity contribution in [1.29, 1.82) is 0 Å². The van der Waals surface area contributed by atoms with Crippen molar-refractivity contribution in [3.63, 3.8) is 0 Å². The quantitative estimate of drug-likeness (QED) is 0.417. The van der Waals surface area contributed by atoms with Gasteiger partial charge in [0.1, 0.15) is 0 Å². The summed E-state index contributed by atoms with van der Waals surface area (Å²) >= 11 is 2.78. The fraction of sp³-hybridized carbons (Fsp3) is 0.438. The summed E-state index contributed by atoms with van der Waals surface area (Å²) in [5.74, 6) is 0.00976. The Morgan fingerprint density at radius 1 is 1.23 bits per heavy atom. The molecule has 0 saturated heterocycles. The first-order valence-electron chi connectivity index (χ1n) is 8.37. The predicted molar refractivity (Wildman–Crippen MR) is 103 cm³/mol.